The Morgan fingerprint density at radius 1 is 0.586 bits per heavy atom. The van der Waals surface area contributed by atoms with Crippen molar-refractivity contribution in [3.05, 3.63) is 0 Å². The van der Waals surface area contributed by atoms with Gasteiger partial charge in [-0.05, 0) is 20.5 Å². The molecule has 5 heteroatoms. The van der Waals surface area contributed by atoms with Crippen molar-refractivity contribution in [2.24, 2.45) is 0 Å². The highest BCUT2D eigenvalue weighted by molar-refractivity contribution is 5.83. The van der Waals surface area contributed by atoms with Crippen LogP contribution in [0.15, 0.2) is 0 Å². The van der Waals surface area contributed by atoms with Crippen molar-refractivity contribution in [2.45, 2.75) is 110 Å². The summed E-state index contributed by atoms with van der Waals surface area (Å²) in [6.45, 7) is 4.45. The predicted molar refractivity (Wildman–Crippen MR) is 124 cm³/mol. The number of nitrogens with one attached hydrogen (secondary N) is 2. The summed E-state index contributed by atoms with van der Waals surface area (Å²) in [5, 5.41) is 5.76. The molecule has 5 nitrogen and oxygen atoms in total. The molecule has 0 bridgehead atoms. The minimum Gasteiger partial charge on any atom is -0.356 e. The second-order valence-corrected chi connectivity index (χ2v) is 8.60. The number of carbonyl (C=O) groups excluding carboxylic acids is 2. The second-order valence-electron chi connectivity index (χ2n) is 8.60. The molecule has 0 atom stereocenters. The van der Waals surface area contributed by atoms with Gasteiger partial charge in [0.05, 0.1) is 0 Å². The van der Waals surface area contributed by atoms with Crippen molar-refractivity contribution in [1.29, 1.82) is 0 Å². The van der Waals surface area contributed by atoms with E-state index in [1.807, 2.05) is 19.0 Å². The van der Waals surface area contributed by atoms with Gasteiger partial charge < -0.3 is 15.5 Å². The maximum absolute atomic E-state index is 11.8. The van der Waals surface area contributed by atoms with Crippen molar-refractivity contribution >= 4 is 11.8 Å². The third kappa shape index (κ3) is 23.0. The Morgan fingerprint density at radius 3 is 1.38 bits per heavy atom. The van der Waals surface area contributed by atoms with Crippen LogP contribution in [-0.4, -0.2) is 50.4 Å². The highest BCUT2D eigenvalue weighted by atomic mass is 16.2. The van der Waals surface area contributed by atoms with Crippen LogP contribution in [0.3, 0.4) is 0 Å². The van der Waals surface area contributed by atoms with Crippen molar-refractivity contribution < 1.29 is 9.59 Å². The van der Waals surface area contributed by atoms with Crippen LogP contribution in [0.25, 0.3) is 0 Å². The molecule has 0 aliphatic heterocycles. The fraction of sp³-hybridized carbons (Fsp3) is 0.917. The van der Waals surface area contributed by atoms with E-state index in [0.717, 1.165) is 19.5 Å². The van der Waals surface area contributed by atoms with E-state index in [-0.39, 0.29) is 24.7 Å². The van der Waals surface area contributed by atoms with Gasteiger partial charge >= 0.3 is 0 Å². The minimum atomic E-state index is -0.0431. The molecule has 0 saturated heterocycles. The lowest BCUT2D eigenvalue weighted by atomic mass is 10.0. The number of unbranched alkanes of at least 4 members (excludes halogenated alkanes) is 13. The van der Waals surface area contributed by atoms with E-state index in [9.17, 15) is 9.59 Å². The Labute approximate surface area is 180 Å². The number of hydrogen-bond donors (Lipinski definition) is 2. The SMILES string of the molecule is CCCCCCCCCCCCCCCCNC(=O)CCC(=O)NCCN(C)C. The molecule has 2 N–H and O–H groups in total. The van der Waals surface area contributed by atoms with Crippen molar-refractivity contribution in [2.75, 3.05) is 33.7 Å². The van der Waals surface area contributed by atoms with Crippen molar-refractivity contribution in [3.8, 4) is 0 Å². The van der Waals surface area contributed by atoms with E-state index in [4.69, 9.17) is 0 Å². The fourth-order valence-electron chi connectivity index (χ4n) is 3.37. The first-order valence-electron chi connectivity index (χ1n) is 12.2. The third-order valence-corrected chi connectivity index (χ3v) is 5.31. The predicted octanol–water partition coefficient (Wildman–Crippen LogP) is 5.04. The van der Waals surface area contributed by atoms with Gasteiger partial charge in [-0.2, -0.15) is 0 Å². The Balaban J connectivity index is 3.25. The van der Waals surface area contributed by atoms with Crippen LogP contribution in [0.4, 0.5) is 0 Å². The number of carbonyl (C=O) groups is 2. The van der Waals surface area contributed by atoms with Crippen LogP contribution in [0, 0.1) is 0 Å². The summed E-state index contributed by atoms with van der Waals surface area (Å²) in [6, 6.07) is 0. The van der Waals surface area contributed by atoms with Crippen LogP contribution in [0.5, 0.6) is 0 Å². The highest BCUT2D eigenvalue weighted by Crippen LogP contribution is 2.12. The highest BCUT2D eigenvalue weighted by Gasteiger charge is 2.06. The van der Waals surface area contributed by atoms with Crippen molar-refractivity contribution in [3.63, 3.8) is 0 Å². The summed E-state index contributed by atoms with van der Waals surface area (Å²) in [5.41, 5.74) is 0. The summed E-state index contributed by atoms with van der Waals surface area (Å²) in [5.74, 6) is -0.0547. The standard InChI is InChI=1S/C24H49N3O2/c1-4-5-6-7-8-9-10-11-12-13-14-15-16-17-20-25-23(28)18-19-24(29)26-21-22-27(2)3/h4-22H2,1-3H3,(H,25,28)(H,26,29). The summed E-state index contributed by atoms with van der Waals surface area (Å²) < 4.78 is 0. The molecule has 0 heterocycles. The molecular formula is C24H49N3O2. The normalized spacial score (nSPS) is 11.0. The topological polar surface area (TPSA) is 61.4 Å². The van der Waals surface area contributed by atoms with E-state index in [1.54, 1.807) is 0 Å². The number of amides is 2. The molecule has 0 aromatic heterocycles. The number of likely N-dealkylation sites (N-methyl/N-ethyl adjacent to an activating group) is 1. The summed E-state index contributed by atoms with van der Waals surface area (Å²) in [6.07, 6.45) is 19.3. The molecule has 0 spiro atoms. The molecule has 0 aliphatic rings. The average molecular weight is 412 g/mol. The number of nitrogens with zero attached hydrogens (tertiary/aromatic N) is 1. The van der Waals surface area contributed by atoms with E-state index in [1.165, 1.54) is 83.5 Å². The zero-order valence-corrected chi connectivity index (χ0v) is 19.7. The molecule has 29 heavy (non-hydrogen) atoms. The van der Waals surface area contributed by atoms with Crippen molar-refractivity contribution in [1.82, 2.24) is 15.5 Å². The largest absolute Gasteiger partial charge is 0.356 e. The fourth-order valence-corrected chi connectivity index (χ4v) is 3.37. The van der Waals surface area contributed by atoms with Crippen LogP contribution >= 0.6 is 0 Å². The molecule has 0 radical (unpaired) electrons. The van der Waals surface area contributed by atoms with E-state index < -0.39 is 0 Å². The van der Waals surface area contributed by atoms with Gasteiger partial charge in [0, 0.05) is 32.5 Å². The van der Waals surface area contributed by atoms with Gasteiger partial charge in [0.25, 0.3) is 0 Å². The Bertz CT molecular complexity index is 386. The van der Waals surface area contributed by atoms with Crippen LogP contribution in [-0.2, 0) is 9.59 Å². The minimum absolute atomic E-state index is 0.0116. The van der Waals surface area contributed by atoms with E-state index in [0.29, 0.717) is 6.54 Å². The summed E-state index contributed by atoms with van der Waals surface area (Å²) >= 11 is 0. The first kappa shape index (κ1) is 27.9. The average Bonchev–Trinajstić information content (AvgIpc) is 2.69. The molecule has 0 fully saturated rings. The molecule has 0 unspecified atom stereocenters. The van der Waals surface area contributed by atoms with E-state index in [2.05, 4.69) is 17.6 Å². The van der Waals surface area contributed by atoms with Gasteiger partial charge in [-0.15, -0.1) is 0 Å². The molecular weight excluding hydrogens is 362 g/mol. The molecule has 0 rings (SSSR count). The summed E-state index contributed by atoms with van der Waals surface area (Å²) in [7, 11) is 3.94. The first-order valence-corrected chi connectivity index (χ1v) is 12.2. The Morgan fingerprint density at radius 2 is 0.966 bits per heavy atom. The van der Waals surface area contributed by atoms with Gasteiger partial charge in [-0.3, -0.25) is 9.59 Å². The number of hydrogen-bond acceptors (Lipinski definition) is 3. The van der Waals surface area contributed by atoms with Crippen LogP contribution < -0.4 is 10.6 Å². The monoisotopic (exact) mass is 411 g/mol. The third-order valence-electron chi connectivity index (χ3n) is 5.31. The maximum Gasteiger partial charge on any atom is 0.220 e. The number of rotatable bonds is 21. The quantitative estimate of drug-likeness (QED) is 0.260. The smallest absolute Gasteiger partial charge is 0.220 e. The van der Waals surface area contributed by atoms with E-state index >= 15 is 0 Å². The Hall–Kier alpha value is -1.10. The zero-order valence-electron chi connectivity index (χ0n) is 19.7. The molecule has 0 saturated carbocycles. The molecule has 0 aromatic carbocycles. The lowest BCUT2D eigenvalue weighted by Crippen LogP contribution is -2.32. The van der Waals surface area contributed by atoms with Gasteiger partial charge in [0.2, 0.25) is 11.8 Å². The van der Waals surface area contributed by atoms with Crippen LogP contribution in [0.2, 0.25) is 0 Å². The lowest BCUT2D eigenvalue weighted by Gasteiger charge is -2.10. The summed E-state index contributed by atoms with van der Waals surface area (Å²) in [4.78, 5) is 25.4. The zero-order chi connectivity index (χ0) is 21.6. The lowest BCUT2D eigenvalue weighted by molar-refractivity contribution is -0.126. The van der Waals surface area contributed by atoms with Gasteiger partial charge in [0.15, 0.2) is 0 Å². The van der Waals surface area contributed by atoms with Gasteiger partial charge in [0.1, 0.15) is 0 Å². The van der Waals surface area contributed by atoms with Gasteiger partial charge in [-0.1, -0.05) is 90.4 Å². The Kier molecular flexibility index (Phi) is 20.8. The van der Waals surface area contributed by atoms with Gasteiger partial charge in [-0.25, -0.2) is 0 Å². The maximum atomic E-state index is 11.8. The molecule has 0 aliphatic carbocycles. The molecule has 172 valence electrons. The molecule has 0 aromatic rings. The second kappa shape index (κ2) is 21.6. The van der Waals surface area contributed by atoms with Crippen LogP contribution in [0.1, 0.15) is 110 Å². The first-order chi connectivity index (χ1) is 14.1. The molecule has 2 amide bonds.